The first-order chi connectivity index (χ1) is 9.79. The van der Waals surface area contributed by atoms with E-state index in [9.17, 15) is 0 Å². The molecule has 20 heavy (non-hydrogen) atoms. The molecule has 108 valence electrons. The van der Waals surface area contributed by atoms with Gasteiger partial charge in [-0.05, 0) is 50.1 Å². The third-order valence-corrected chi connectivity index (χ3v) is 3.63. The van der Waals surface area contributed by atoms with E-state index in [1.165, 1.54) is 0 Å². The highest BCUT2D eigenvalue weighted by atomic mass is 79.9. The monoisotopic (exact) mass is 337 g/mol. The molecule has 1 aromatic carbocycles. The van der Waals surface area contributed by atoms with Crippen molar-refractivity contribution in [3.05, 3.63) is 46.6 Å². The summed E-state index contributed by atoms with van der Waals surface area (Å²) in [5, 5.41) is 12.0. The van der Waals surface area contributed by atoms with Crippen molar-refractivity contribution in [1.29, 1.82) is 0 Å². The third-order valence-electron chi connectivity index (χ3n) is 3.10. The maximum Gasteiger partial charge on any atom is 0.134 e. The predicted molar refractivity (Wildman–Crippen MR) is 84.5 cm³/mol. The molecule has 0 spiro atoms. The van der Waals surface area contributed by atoms with Gasteiger partial charge in [0.2, 0.25) is 0 Å². The molecule has 0 aliphatic heterocycles. The Bertz CT molecular complexity index is 507. The van der Waals surface area contributed by atoms with E-state index in [1.54, 1.807) is 0 Å². The van der Waals surface area contributed by atoms with Gasteiger partial charge in [-0.1, -0.05) is 28.1 Å². The van der Waals surface area contributed by atoms with Gasteiger partial charge >= 0.3 is 0 Å². The molecule has 4 heteroatoms. The van der Waals surface area contributed by atoms with Crippen LogP contribution in [0.15, 0.2) is 45.3 Å². The molecule has 0 saturated heterocycles. The average molecular weight is 338 g/mol. The van der Waals surface area contributed by atoms with Crippen molar-refractivity contribution in [2.24, 2.45) is 0 Å². The molecule has 0 aliphatic rings. The Morgan fingerprint density at radius 3 is 2.55 bits per heavy atom. The van der Waals surface area contributed by atoms with Crippen molar-refractivity contribution in [3.8, 4) is 11.3 Å². The Balaban J connectivity index is 1.79. The molecule has 0 atom stereocenters. The zero-order chi connectivity index (χ0) is 14.2. The van der Waals surface area contributed by atoms with Gasteiger partial charge in [-0.3, -0.25) is 0 Å². The average Bonchev–Trinajstić information content (AvgIpc) is 2.92. The van der Waals surface area contributed by atoms with E-state index < -0.39 is 0 Å². The van der Waals surface area contributed by atoms with Gasteiger partial charge in [-0.25, -0.2) is 0 Å². The maximum atomic E-state index is 8.69. The van der Waals surface area contributed by atoms with Crippen LogP contribution in [0.4, 0.5) is 0 Å². The Labute approximate surface area is 128 Å². The molecule has 1 heterocycles. The molecule has 0 amide bonds. The Morgan fingerprint density at radius 2 is 1.80 bits per heavy atom. The van der Waals surface area contributed by atoms with Crippen LogP contribution in [0.2, 0.25) is 0 Å². The smallest absolute Gasteiger partial charge is 0.134 e. The zero-order valence-electron chi connectivity index (χ0n) is 11.4. The molecule has 2 N–H and O–H groups in total. The topological polar surface area (TPSA) is 45.4 Å². The second-order valence-electron chi connectivity index (χ2n) is 4.73. The minimum absolute atomic E-state index is 0.286. The number of unbranched alkanes of at least 4 members (excludes halogenated alkanes) is 2. The van der Waals surface area contributed by atoms with Gasteiger partial charge in [0, 0.05) is 16.6 Å². The summed E-state index contributed by atoms with van der Waals surface area (Å²) < 4.78 is 6.89. The molecule has 0 fully saturated rings. The van der Waals surface area contributed by atoms with E-state index in [0.29, 0.717) is 0 Å². The number of benzene rings is 1. The molecular weight excluding hydrogens is 318 g/mol. The van der Waals surface area contributed by atoms with Gasteiger partial charge in [-0.2, -0.15) is 0 Å². The molecule has 2 rings (SSSR count). The van der Waals surface area contributed by atoms with Crippen LogP contribution >= 0.6 is 15.9 Å². The van der Waals surface area contributed by atoms with Gasteiger partial charge in [0.05, 0.1) is 6.54 Å². The van der Waals surface area contributed by atoms with E-state index in [2.05, 4.69) is 21.2 Å². The normalized spacial score (nSPS) is 10.9. The summed E-state index contributed by atoms with van der Waals surface area (Å²) in [6.07, 6.45) is 3.03. The van der Waals surface area contributed by atoms with Crippen LogP contribution in [0.25, 0.3) is 11.3 Å². The molecule has 1 aromatic heterocycles. The molecule has 2 aromatic rings. The van der Waals surface area contributed by atoms with E-state index >= 15 is 0 Å². The van der Waals surface area contributed by atoms with Crippen LogP contribution in [-0.4, -0.2) is 18.3 Å². The third kappa shape index (κ3) is 4.78. The van der Waals surface area contributed by atoms with Crippen molar-refractivity contribution in [2.75, 3.05) is 13.2 Å². The lowest BCUT2D eigenvalue weighted by Crippen LogP contribution is -2.14. The summed E-state index contributed by atoms with van der Waals surface area (Å²) in [6, 6.07) is 12.1. The molecule has 0 radical (unpaired) electrons. The van der Waals surface area contributed by atoms with E-state index in [4.69, 9.17) is 9.52 Å². The van der Waals surface area contributed by atoms with Crippen LogP contribution in [0.3, 0.4) is 0 Å². The minimum Gasteiger partial charge on any atom is -0.460 e. The van der Waals surface area contributed by atoms with Crippen LogP contribution in [0, 0.1) is 0 Å². The highest BCUT2D eigenvalue weighted by molar-refractivity contribution is 9.10. The number of nitrogens with one attached hydrogen (secondary N) is 1. The van der Waals surface area contributed by atoms with Gasteiger partial charge in [0.25, 0.3) is 0 Å². The molecular formula is C16H20BrNO2. The second kappa shape index (κ2) is 8.25. The molecule has 0 bridgehead atoms. The lowest BCUT2D eigenvalue weighted by Gasteiger charge is -2.02. The number of hydrogen-bond acceptors (Lipinski definition) is 3. The van der Waals surface area contributed by atoms with Crippen molar-refractivity contribution in [1.82, 2.24) is 5.32 Å². The molecule has 0 unspecified atom stereocenters. The van der Waals surface area contributed by atoms with Gasteiger partial charge in [-0.15, -0.1) is 0 Å². The number of aliphatic hydroxyl groups is 1. The largest absolute Gasteiger partial charge is 0.460 e. The fourth-order valence-electron chi connectivity index (χ4n) is 1.99. The van der Waals surface area contributed by atoms with Crippen molar-refractivity contribution >= 4 is 15.9 Å². The summed E-state index contributed by atoms with van der Waals surface area (Å²) in [6.45, 7) is 1.98. The van der Waals surface area contributed by atoms with Crippen molar-refractivity contribution in [3.63, 3.8) is 0 Å². The fourth-order valence-corrected chi connectivity index (χ4v) is 2.26. The van der Waals surface area contributed by atoms with Crippen LogP contribution in [-0.2, 0) is 6.54 Å². The quantitative estimate of drug-likeness (QED) is 0.716. The second-order valence-corrected chi connectivity index (χ2v) is 5.65. The van der Waals surface area contributed by atoms with Crippen LogP contribution < -0.4 is 5.32 Å². The van der Waals surface area contributed by atoms with E-state index in [1.807, 2.05) is 36.4 Å². The first kappa shape index (κ1) is 15.3. The molecule has 0 aliphatic carbocycles. The highest BCUT2D eigenvalue weighted by Crippen LogP contribution is 2.23. The van der Waals surface area contributed by atoms with Gasteiger partial charge in [0.15, 0.2) is 0 Å². The van der Waals surface area contributed by atoms with Gasteiger partial charge < -0.3 is 14.8 Å². The highest BCUT2D eigenvalue weighted by Gasteiger charge is 2.04. The maximum absolute atomic E-state index is 8.69. The van der Waals surface area contributed by atoms with Gasteiger partial charge in [0.1, 0.15) is 11.5 Å². The van der Waals surface area contributed by atoms with Crippen molar-refractivity contribution in [2.45, 2.75) is 25.8 Å². The molecule has 0 saturated carbocycles. The number of aliphatic hydroxyl groups excluding tert-OH is 1. The standard InChI is InChI=1S/C16H20BrNO2/c17-14-6-4-13(5-7-14)16-9-8-15(20-16)12-18-10-2-1-3-11-19/h4-9,18-19H,1-3,10-12H2. The fraction of sp³-hybridized carbons (Fsp3) is 0.375. The summed E-state index contributed by atoms with van der Waals surface area (Å²) in [5.74, 6) is 1.85. The summed E-state index contributed by atoms with van der Waals surface area (Å²) >= 11 is 3.43. The van der Waals surface area contributed by atoms with E-state index in [-0.39, 0.29) is 6.61 Å². The Morgan fingerprint density at radius 1 is 1.00 bits per heavy atom. The van der Waals surface area contributed by atoms with Crippen LogP contribution in [0.5, 0.6) is 0 Å². The first-order valence-corrected chi connectivity index (χ1v) is 7.75. The number of halogens is 1. The minimum atomic E-state index is 0.286. The lowest BCUT2D eigenvalue weighted by molar-refractivity contribution is 0.282. The number of furan rings is 1. The summed E-state index contributed by atoms with van der Waals surface area (Å²) in [7, 11) is 0. The SMILES string of the molecule is OCCCCCNCc1ccc(-c2ccc(Br)cc2)o1. The Kier molecular flexibility index (Phi) is 6.30. The van der Waals surface area contributed by atoms with Crippen molar-refractivity contribution < 1.29 is 9.52 Å². The zero-order valence-corrected chi connectivity index (χ0v) is 13.0. The number of rotatable bonds is 8. The lowest BCUT2D eigenvalue weighted by atomic mass is 10.2. The summed E-state index contributed by atoms with van der Waals surface area (Å²) in [5.41, 5.74) is 1.09. The first-order valence-electron chi connectivity index (χ1n) is 6.96. The Hall–Kier alpha value is -1.10. The van der Waals surface area contributed by atoms with Crippen LogP contribution in [0.1, 0.15) is 25.0 Å². The molecule has 3 nitrogen and oxygen atoms in total. The predicted octanol–water partition coefficient (Wildman–Crippen LogP) is 3.96. The summed E-state index contributed by atoms with van der Waals surface area (Å²) in [4.78, 5) is 0. The number of hydrogen-bond donors (Lipinski definition) is 2. The van der Waals surface area contributed by atoms with E-state index in [0.717, 1.165) is 53.9 Å².